The molecule has 0 aromatic carbocycles. The average molecular weight is 157 g/mol. The smallest absolute Gasteiger partial charge is 0.00130 e. The van der Waals surface area contributed by atoms with E-state index in [2.05, 4.69) is 27.7 Å². The van der Waals surface area contributed by atoms with E-state index in [1.807, 2.05) is 0 Å². The van der Waals surface area contributed by atoms with Gasteiger partial charge in [0.2, 0.25) is 0 Å². The Kier molecular flexibility index (Phi) is 5.57. The molecule has 0 aromatic heterocycles. The van der Waals surface area contributed by atoms with Gasteiger partial charge in [-0.3, -0.25) is 0 Å². The second kappa shape index (κ2) is 5.59. The first-order chi connectivity index (χ1) is 5.02. The van der Waals surface area contributed by atoms with Crippen LogP contribution in [0.4, 0.5) is 0 Å². The quantitative estimate of drug-likeness (QED) is 0.652. The van der Waals surface area contributed by atoms with Gasteiger partial charge in [-0.1, -0.05) is 33.6 Å². The van der Waals surface area contributed by atoms with E-state index < -0.39 is 0 Å². The molecule has 0 fully saturated rings. The summed E-state index contributed by atoms with van der Waals surface area (Å²) in [6, 6.07) is 0.372. The molecule has 68 valence electrons. The zero-order chi connectivity index (χ0) is 8.85. The van der Waals surface area contributed by atoms with Crippen molar-refractivity contribution in [2.45, 2.75) is 53.0 Å². The number of hydrogen-bond donors (Lipinski definition) is 1. The van der Waals surface area contributed by atoms with Crippen molar-refractivity contribution in [2.24, 2.45) is 17.6 Å². The van der Waals surface area contributed by atoms with Crippen LogP contribution in [0.3, 0.4) is 0 Å². The Labute approximate surface area is 71.4 Å². The zero-order valence-electron chi connectivity index (χ0n) is 8.43. The van der Waals surface area contributed by atoms with Crippen LogP contribution < -0.4 is 5.73 Å². The normalized spacial score (nSPS) is 16.9. The van der Waals surface area contributed by atoms with Crippen LogP contribution in [-0.2, 0) is 0 Å². The van der Waals surface area contributed by atoms with Gasteiger partial charge in [0.25, 0.3) is 0 Å². The van der Waals surface area contributed by atoms with Gasteiger partial charge in [0, 0.05) is 6.04 Å². The van der Waals surface area contributed by atoms with E-state index in [-0.39, 0.29) is 0 Å². The first-order valence-corrected chi connectivity index (χ1v) is 4.78. The summed E-state index contributed by atoms with van der Waals surface area (Å²) in [6.45, 7) is 8.94. The highest BCUT2D eigenvalue weighted by atomic mass is 14.6. The van der Waals surface area contributed by atoms with E-state index >= 15 is 0 Å². The first-order valence-electron chi connectivity index (χ1n) is 4.78. The Morgan fingerprint density at radius 1 is 1.00 bits per heavy atom. The molecule has 0 amide bonds. The predicted octanol–water partition coefficient (Wildman–Crippen LogP) is 2.80. The lowest BCUT2D eigenvalue weighted by molar-refractivity contribution is 0.405. The molecule has 0 bridgehead atoms. The number of nitrogens with two attached hydrogens (primary N) is 1. The molecule has 1 heteroatoms. The molecule has 1 nitrogen and oxygen atoms in total. The summed E-state index contributed by atoms with van der Waals surface area (Å²) in [5, 5.41) is 0. The second-order valence-electron chi connectivity index (χ2n) is 4.29. The highest BCUT2D eigenvalue weighted by Crippen LogP contribution is 2.15. The predicted molar refractivity (Wildman–Crippen MR) is 51.5 cm³/mol. The van der Waals surface area contributed by atoms with Gasteiger partial charge in [-0.15, -0.1) is 0 Å². The van der Waals surface area contributed by atoms with Crippen molar-refractivity contribution in [2.75, 3.05) is 0 Å². The highest BCUT2D eigenvalue weighted by molar-refractivity contribution is 4.61. The molecule has 0 radical (unpaired) electrons. The molecule has 0 spiro atoms. The van der Waals surface area contributed by atoms with E-state index in [9.17, 15) is 0 Å². The molecule has 0 aliphatic heterocycles. The van der Waals surface area contributed by atoms with E-state index in [1.54, 1.807) is 0 Å². The summed E-state index contributed by atoms with van der Waals surface area (Å²) in [4.78, 5) is 0. The van der Waals surface area contributed by atoms with Crippen LogP contribution in [0.25, 0.3) is 0 Å². The van der Waals surface area contributed by atoms with Crippen LogP contribution in [-0.4, -0.2) is 6.04 Å². The summed E-state index contributed by atoms with van der Waals surface area (Å²) >= 11 is 0. The monoisotopic (exact) mass is 157 g/mol. The third-order valence-electron chi connectivity index (χ3n) is 2.01. The van der Waals surface area contributed by atoms with Crippen molar-refractivity contribution in [3.05, 3.63) is 0 Å². The molecule has 0 heterocycles. The van der Waals surface area contributed by atoms with Crippen LogP contribution in [0.15, 0.2) is 0 Å². The topological polar surface area (TPSA) is 26.0 Å². The van der Waals surface area contributed by atoms with E-state index in [0.717, 1.165) is 11.8 Å². The molecule has 2 N–H and O–H groups in total. The first kappa shape index (κ1) is 11.0. The minimum atomic E-state index is 0.372. The van der Waals surface area contributed by atoms with E-state index in [0.29, 0.717) is 6.04 Å². The van der Waals surface area contributed by atoms with Crippen LogP contribution in [0.2, 0.25) is 0 Å². The summed E-state index contributed by atoms with van der Waals surface area (Å²) < 4.78 is 0. The number of hydrogen-bond acceptors (Lipinski definition) is 1. The van der Waals surface area contributed by atoms with Crippen LogP contribution >= 0.6 is 0 Å². The molecule has 0 saturated carbocycles. The molecule has 2 atom stereocenters. The van der Waals surface area contributed by atoms with Gasteiger partial charge >= 0.3 is 0 Å². The zero-order valence-corrected chi connectivity index (χ0v) is 8.43. The van der Waals surface area contributed by atoms with Gasteiger partial charge in [0.1, 0.15) is 0 Å². The van der Waals surface area contributed by atoms with Gasteiger partial charge in [-0.25, -0.2) is 0 Å². The van der Waals surface area contributed by atoms with E-state index in [4.69, 9.17) is 5.73 Å². The molecular weight excluding hydrogens is 134 g/mol. The Balaban J connectivity index is 3.29. The molecule has 11 heavy (non-hydrogen) atoms. The van der Waals surface area contributed by atoms with Gasteiger partial charge in [0.15, 0.2) is 0 Å². The third-order valence-corrected chi connectivity index (χ3v) is 2.01. The summed E-state index contributed by atoms with van der Waals surface area (Å²) in [7, 11) is 0. The van der Waals surface area contributed by atoms with Crippen molar-refractivity contribution >= 4 is 0 Å². The Hall–Kier alpha value is -0.0400. The SMILES string of the molecule is CC(C)CC[C@@H](C)C[C@@H](C)N. The maximum Gasteiger partial charge on any atom is 0.00130 e. The van der Waals surface area contributed by atoms with Crippen molar-refractivity contribution < 1.29 is 0 Å². The summed E-state index contributed by atoms with van der Waals surface area (Å²) in [5.74, 6) is 1.64. The Morgan fingerprint density at radius 2 is 1.55 bits per heavy atom. The van der Waals surface area contributed by atoms with Crippen LogP contribution in [0.5, 0.6) is 0 Å². The van der Waals surface area contributed by atoms with Crippen molar-refractivity contribution in [1.82, 2.24) is 0 Å². The molecule has 0 aliphatic carbocycles. The number of rotatable bonds is 5. The standard InChI is InChI=1S/C10H23N/c1-8(2)5-6-9(3)7-10(4)11/h8-10H,5-7,11H2,1-4H3/t9-,10-/m1/s1. The molecule has 0 aliphatic rings. The molecule has 0 aromatic rings. The Bertz CT molecular complexity index is 86.9. The van der Waals surface area contributed by atoms with Gasteiger partial charge in [-0.05, 0) is 25.2 Å². The fourth-order valence-electron chi connectivity index (χ4n) is 1.37. The van der Waals surface area contributed by atoms with Crippen molar-refractivity contribution in [3.8, 4) is 0 Å². The lowest BCUT2D eigenvalue weighted by atomic mass is 9.94. The fourth-order valence-corrected chi connectivity index (χ4v) is 1.37. The van der Waals surface area contributed by atoms with Crippen LogP contribution in [0, 0.1) is 11.8 Å². The van der Waals surface area contributed by atoms with Crippen molar-refractivity contribution in [3.63, 3.8) is 0 Å². The second-order valence-corrected chi connectivity index (χ2v) is 4.29. The Morgan fingerprint density at radius 3 is 1.91 bits per heavy atom. The van der Waals surface area contributed by atoms with Gasteiger partial charge in [0.05, 0.1) is 0 Å². The maximum atomic E-state index is 5.70. The van der Waals surface area contributed by atoms with E-state index in [1.165, 1.54) is 19.3 Å². The van der Waals surface area contributed by atoms with Crippen molar-refractivity contribution in [1.29, 1.82) is 0 Å². The highest BCUT2D eigenvalue weighted by Gasteiger charge is 2.05. The third kappa shape index (κ3) is 7.86. The summed E-state index contributed by atoms with van der Waals surface area (Å²) in [5.41, 5.74) is 5.70. The lowest BCUT2D eigenvalue weighted by Gasteiger charge is -2.14. The maximum absolute atomic E-state index is 5.70. The minimum absolute atomic E-state index is 0.372. The van der Waals surface area contributed by atoms with Crippen LogP contribution in [0.1, 0.15) is 47.0 Å². The van der Waals surface area contributed by atoms with Gasteiger partial charge < -0.3 is 5.73 Å². The van der Waals surface area contributed by atoms with Gasteiger partial charge in [-0.2, -0.15) is 0 Å². The molecular formula is C10H23N. The average Bonchev–Trinajstić information content (AvgIpc) is 1.82. The lowest BCUT2D eigenvalue weighted by Crippen LogP contribution is -2.18. The largest absolute Gasteiger partial charge is 0.328 e. The molecule has 0 rings (SSSR count). The minimum Gasteiger partial charge on any atom is -0.328 e. The molecule has 0 unspecified atom stereocenters. The summed E-state index contributed by atoms with van der Waals surface area (Å²) in [6.07, 6.45) is 3.85. The fraction of sp³-hybridized carbons (Fsp3) is 1.00. The molecule has 0 saturated heterocycles.